The number of quaternary nitrogens is 2. The molecule has 2 rings (SSSR count). The van der Waals surface area contributed by atoms with Gasteiger partial charge in [0, 0.05) is 18.5 Å². The second-order valence-corrected chi connectivity index (χ2v) is 8.59. The van der Waals surface area contributed by atoms with Crippen LogP contribution in [0.3, 0.4) is 0 Å². The Morgan fingerprint density at radius 2 is 1.52 bits per heavy atom. The third-order valence-corrected chi connectivity index (χ3v) is 4.81. The number of carbonyl (C=O) groups is 2. The number of rotatable bonds is 7. The minimum absolute atomic E-state index is 0.111. The van der Waals surface area contributed by atoms with Gasteiger partial charge in [0.25, 0.3) is 11.8 Å². The molecule has 0 saturated carbocycles. The Labute approximate surface area is 163 Å². The van der Waals surface area contributed by atoms with Gasteiger partial charge in [0.15, 0.2) is 13.1 Å². The van der Waals surface area contributed by atoms with E-state index in [0.717, 1.165) is 39.0 Å². The molecule has 1 aromatic rings. The zero-order valence-electron chi connectivity index (χ0n) is 17.1. The molecule has 6 nitrogen and oxygen atoms in total. The summed E-state index contributed by atoms with van der Waals surface area (Å²) >= 11 is 0. The monoisotopic (exact) mass is 376 g/mol. The van der Waals surface area contributed by atoms with Gasteiger partial charge in [0.2, 0.25) is 0 Å². The van der Waals surface area contributed by atoms with Crippen molar-refractivity contribution in [3.05, 3.63) is 35.9 Å². The second kappa shape index (κ2) is 10.4. The molecule has 0 aliphatic carbocycles. The van der Waals surface area contributed by atoms with Crippen LogP contribution in [0.1, 0.15) is 32.8 Å². The van der Waals surface area contributed by atoms with Crippen molar-refractivity contribution in [3.8, 4) is 0 Å². The van der Waals surface area contributed by atoms with Crippen molar-refractivity contribution >= 4 is 11.8 Å². The summed E-state index contributed by atoms with van der Waals surface area (Å²) in [5, 5.41) is 6.07. The van der Waals surface area contributed by atoms with Gasteiger partial charge >= 0.3 is 0 Å². The number of hydrogen-bond donors (Lipinski definition) is 4. The Hall–Kier alpha value is -1.92. The molecule has 150 valence electrons. The van der Waals surface area contributed by atoms with E-state index in [4.69, 9.17) is 0 Å². The van der Waals surface area contributed by atoms with Gasteiger partial charge in [-0.3, -0.25) is 9.59 Å². The van der Waals surface area contributed by atoms with Crippen molar-refractivity contribution in [1.82, 2.24) is 10.6 Å². The normalized spacial score (nSPS) is 20.6. The largest absolute Gasteiger partial charge is 0.351 e. The number of carbonyl (C=O) groups excluding carboxylic acids is 2. The maximum atomic E-state index is 12.2. The molecule has 1 aliphatic rings. The summed E-state index contributed by atoms with van der Waals surface area (Å²) in [6, 6.07) is 10.2. The van der Waals surface area contributed by atoms with Gasteiger partial charge in [0.05, 0.1) is 13.1 Å². The van der Waals surface area contributed by atoms with E-state index in [1.54, 1.807) is 0 Å². The first-order chi connectivity index (χ1) is 12.8. The number of nitrogens with one attached hydrogen (secondary N) is 4. The van der Waals surface area contributed by atoms with E-state index in [2.05, 4.69) is 22.8 Å². The van der Waals surface area contributed by atoms with Crippen molar-refractivity contribution in [2.24, 2.45) is 0 Å². The summed E-state index contributed by atoms with van der Waals surface area (Å²) in [7, 11) is 0. The van der Waals surface area contributed by atoms with E-state index in [9.17, 15) is 9.59 Å². The Bertz CT molecular complexity index is 598. The standard InChI is InChI=1S/C21H34N4O2/c1-21(2,3)23-20(27)17-25-13-7-12-24(14-15-25)16-19(26)22-11-10-18-8-5-4-6-9-18/h4-6,8-9H,7,10-17H2,1-3H3,(H,22,26)(H,23,27)/p+2. The predicted octanol–water partition coefficient (Wildman–Crippen LogP) is -1.57. The first kappa shape index (κ1) is 21.4. The summed E-state index contributed by atoms with van der Waals surface area (Å²) in [6.45, 7) is 11.6. The fourth-order valence-corrected chi connectivity index (χ4v) is 3.52. The molecule has 4 N–H and O–H groups in total. The molecule has 2 amide bonds. The minimum atomic E-state index is -0.183. The molecule has 1 heterocycles. The minimum Gasteiger partial charge on any atom is -0.351 e. The fraction of sp³-hybridized carbons (Fsp3) is 0.619. The Kier molecular flexibility index (Phi) is 8.25. The fourth-order valence-electron chi connectivity index (χ4n) is 3.52. The molecule has 2 unspecified atom stereocenters. The number of benzene rings is 1. The van der Waals surface area contributed by atoms with Crippen LogP contribution in [-0.4, -0.2) is 63.2 Å². The smallest absolute Gasteiger partial charge is 0.275 e. The Morgan fingerprint density at radius 3 is 2.11 bits per heavy atom. The average Bonchev–Trinajstić information content (AvgIpc) is 2.79. The summed E-state index contributed by atoms with van der Waals surface area (Å²) in [5.74, 6) is 0.231. The zero-order valence-corrected chi connectivity index (χ0v) is 17.1. The van der Waals surface area contributed by atoms with Crippen molar-refractivity contribution in [3.63, 3.8) is 0 Å². The molecule has 1 saturated heterocycles. The van der Waals surface area contributed by atoms with Crippen LogP contribution in [0.4, 0.5) is 0 Å². The molecule has 2 atom stereocenters. The van der Waals surface area contributed by atoms with Gasteiger partial charge in [-0.25, -0.2) is 0 Å². The number of hydrogen-bond acceptors (Lipinski definition) is 2. The lowest BCUT2D eigenvalue weighted by Gasteiger charge is -2.22. The van der Waals surface area contributed by atoms with E-state index in [0.29, 0.717) is 19.6 Å². The number of amides is 2. The summed E-state index contributed by atoms with van der Waals surface area (Å²) < 4.78 is 0. The van der Waals surface area contributed by atoms with Crippen LogP contribution in [0, 0.1) is 0 Å². The maximum Gasteiger partial charge on any atom is 0.275 e. The lowest BCUT2D eigenvalue weighted by atomic mass is 10.1. The average molecular weight is 377 g/mol. The Balaban J connectivity index is 1.66. The molecule has 27 heavy (non-hydrogen) atoms. The molecule has 6 heteroatoms. The van der Waals surface area contributed by atoms with E-state index in [-0.39, 0.29) is 17.4 Å². The Morgan fingerprint density at radius 1 is 0.926 bits per heavy atom. The molecule has 0 radical (unpaired) electrons. The highest BCUT2D eigenvalue weighted by atomic mass is 16.2. The molecule has 0 aromatic heterocycles. The van der Waals surface area contributed by atoms with Crippen LogP contribution in [0.25, 0.3) is 0 Å². The third-order valence-electron chi connectivity index (χ3n) is 4.81. The van der Waals surface area contributed by atoms with E-state index in [1.165, 1.54) is 15.4 Å². The SMILES string of the molecule is CC(C)(C)NC(=O)C[NH+]1CCC[NH+](CC(=O)NCCc2ccccc2)CC1. The van der Waals surface area contributed by atoms with Crippen LogP contribution in [0.5, 0.6) is 0 Å². The van der Waals surface area contributed by atoms with Crippen molar-refractivity contribution in [2.45, 2.75) is 39.2 Å². The lowest BCUT2D eigenvalue weighted by molar-refractivity contribution is -0.930. The van der Waals surface area contributed by atoms with Crippen molar-refractivity contribution < 1.29 is 19.4 Å². The van der Waals surface area contributed by atoms with E-state index >= 15 is 0 Å². The van der Waals surface area contributed by atoms with Crippen LogP contribution < -0.4 is 20.4 Å². The van der Waals surface area contributed by atoms with Gasteiger partial charge in [-0.1, -0.05) is 30.3 Å². The van der Waals surface area contributed by atoms with Crippen molar-refractivity contribution in [2.75, 3.05) is 45.8 Å². The van der Waals surface area contributed by atoms with Gasteiger partial charge in [-0.2, -0.15) is 0 Å². The first-order valence-corrected chi connectivity index (χ1v) is 10.1. The van der Waals surface area contributed by atoms with Gasteiger partial charge in [-0.05, 0) is 32.8 Å². The second-order valence-electron chi connectivity index (χ2n) is 8.59. The van der Waals surface area contributed by atoms with Crippen LogP contribution in [0.15, 0.2) is 30.3 Å². The van der Waals surface area contributed by atoms with Crippen LogP contribution in [-0.2, 0) is 16.0 Å². The first-order valence-electron chi connectivity index (χ1n) is 10.1. The van der Waals surface area contributed by atoms with Gasteiger partial charge < -0.3 is 20.4 Å². The van der Waals surface area contributed by atoms with Crippen LogP contribution >= 0.6 is 0 Å². The molecular weight excluding hydrogens is 340 g/mol. The molecule has 0 bridgehead atoms. The molecule has 1 fully saturated rings. The van der Waals surface area contributed by atoms with Crippen LogP contribution in [0.2, 0.25) is 0 Å². The molecular formula is C21H36N4O2+2. The lowest BCUT2D eigenvalue weighted by Crippen LogP contribution is -3.18. The zero-order chi connectivity index (χ0) is 19.7. The van der Waals surface area contributed by atoms with Gasteiger partial charge in [0.1, 0.15) is 13.1 Å². The van der Waals surface area contributed by atoms with Crippen molar-refractivity contribution in [1.29, 1.82) is 0 Å². The van der Waals surface area contributed by atoms with Gasteiger partial charge in [-0.15, -0.1) is 0 Å². The van der Waals surface area contributed by atoms with E-state index < -0.39 is 0 Å². The summed E-state index contributed by atoms with van der Waals surface area (Å²) in [5.41, 5.74) is 1.06. The topological polar surface area (TPSA) is 67.1 Å². The highest BCUT2D eigenvalue weighted by Gasteiger charge is 2.25. The van der Waals surface area contributed by atoms with E-state index in [1.807, 2.05) is 39.0 Å². The summed E-state index contributed by atoms with van der Waals surface area (Å²) in [4.78, 5) is 27.0. The molecule has 1 aliphatic heterocycles. The molecule has 1 aromatic carbocycles. The molecule has 0 spiro atoms. The summed E-state index contributed by atoms with van der Waals surface area (Å²) in [6.07, 6.45) is 1.91. The quantitative estimate of drug-likeness (QED) is 0.465. The maximum absolute atomic E-state index is 12.2. The highest BCUT2D eigenvalue weighted by Crippen LogP contribution is 1.98. The third kappa shape index (κ3) is 9.02. The predicted molar refractivity (Wildman–Crippen MR) is 107 cm³/mol. The highest BCUT2D eigenvalue weighted by molar-refractivity contribution is 5.77.